The molecule has 100 valence electrons. The summed E-state index contributed by atoms with van der Waals surface area (Å²) in [4.78, 5) is 23.3. The fourth-order valence-corrected chi connectivity index (χ4v) is 1.64. The topological polar surface area (TPSA) is 79.2 Å². The number of nitrogens with zero attached hydrogens (tertiary/aromatic N) is 2. The molecule has 1 heterocycles. The van der Waals surface area contributed by atoms with Crippen LogP contribution in [0, 0.1) is 0 Å². The van der Waals surface area contributed by atoms with E-state index in [4.69, 9.17) is 10.5 Å². The molecule has 0 aliphatic carbocycles. The molecule has 2 rings (SSSR count). The van der Waals surface area contributed by atoms with E-state index in [1.54, 1.807) is 31.3 Å². The SMILES string of the molecule is Cn1ccc(=O)n(CCOc2ccc(N)cc2)c1=O. The number of aryl methyl sites for hydroxylation is 1. The molecule has 6 heteroatoms. The van der Waals surface area contributed by atoms with Crippen molar-refractivity contribution in [3.05, 3.63) is 57.4 Å². The molecule has 2 aromatic rings. The van der Waals surface area contributed by atoms with Gasteiger partial charge in [-0.2, -0.15) is 0 Å². The summed E-state index contributed by atoms with van der Waals surface area (Å²) in [6, 6.07) is 8.28. The summed E-state index contributed by atoms with van der Waals surface area (Å²) >= 11 is 0. The van der Waals surface area contributed by atoms with Gasteiger partial charge < -0.3 is 15.0 Å². The molecular weight excluding hydrogens is 246 g/mol. The van der Waals surface area contributed by atoms with E-state index in [-0.39, 0.29) is 24.4 Å². The maximum Gasteiger partial charge on any atom is 0.330 e. The molecule has 2 N–H and O–H groups in total. The Morgan fingerprint density at radius 3 is 2.53 bits per heavy atom. The third-order valence-corrected chi connectivity index (χ3v) is 2.70. The van der Waals surface area contributed by atoms with E-state index >= 15 is 0 Å². The molecule has 0 unspecified atom stereocenters. The molecule has 0 amide bonds. The molecule has 0 bridgehead atoms. The molecule has 1 aromatic heterocycles. The van der Waals surface area contributed by atoms with E-state index in [0.29, 0.717) is 11.4 Å². The van der Waals surface area contributed by atoms with Crippen LogP contribution >= 0.6 is 0 Å². The van der Waals surface area contributed by atoms with Gasteiger partial charge in [0, 0.05) is 25.0 Å². The molecule has 0 aliphatic rings. The number of benzene rings is 1. The normalized spacial score (nSPS) is 10.4. The van der Waals surface area contributed by atoms with Crippen LogP contribution in [0.15, 0.2) is 46.1 Å². The standard InChI is InChI=1S/C13H15N3O3/c1-15-7-6-12(17)16(13(15)18)8-9-19-11-4-2-10(14)3-5-11/h2-7H,8-9,14H2,1H3. The number of anilines is 1. The Labute approximate surface area is 109 Å². The Balaban J connectivity index is 2.04. The zero-order valence-electron chi connectivity index (χ0n) is 10.6. The highest BCUT2D eigenvalue weighted by Crippen LogP contribution is 2.12. The second-order valence-electron chi connectivity index (χ2n) is 4.12. The fraction of sp³-hybridized carbons (Fsp3) is 0.231. The van der Waals surface area contributed by atoms with Gasteiger partial charge in [0.1, 0.15) is 12.4 Å². The lowest BCUT2D eigenvalue weighted by molar-refractivity contribution is 0.292. The number of aromatic nitrogens is 2. The van der Waals surface area contributed by atoms with Crippen molar-refractivity contribution in [2.45, 2.75) is 6.54 Å². The van der Waals surface area contributed by atoms with Gasteiger partial charge in [0.15, 0.2) is 0 Å². The van der Waals surface area contributed by atoms with E-state index < -0.39 is 0 Å². The Morgan fingerprint density at radius 2 is 1.84 bits per heavy atom. The van der Waals surface area contributed by atoms with Crippen LogP contribution in [0.2, 0.25) is 0 Å². The van der Waals surface area contributed by atoms with Crippen LogP contribution in [0.4, 0.5) is 5.69 Å². The number of rotatable bonds is 4. The highest BCUT2D eigenvalue weighted by molar-refractivity contribution is 5.41. The van der Waals surface area contributed by atoms with E-state index in [0.717, 1.165) is 4.57 Å². The minimum atomic E-state index is -0.353. The quantitative estimate of drug-likeness (QED) is 0.798. The van der Waals surface area contributed by atoms with Crippen LogP contribution in [0.5, 0.6) is 5.75 Å². The summed E-state index contributed by atoms with van der Waals surface area (Å²) < 4.78 is 7.94. The molecule has 0 atom stereocenters. The molecule has 19 heavy (non-hydrogen) atoms. The second-order valence-corrected chi connectivity index (χ2v) is 4.12. The number of hydrogen-bond donors (Lipinski definition) is 1. The van der Waals surface area contributed by atoms with Gasteiger partial charge in [-0.1, -0.05) is 0 Å². The zero-order valence-corrected chi connectivity index (χ0v) is 10.6. The van der Waals surface area contributed by atoms with Crippen molar-refractivity contribution in [2.24, 2.45) is 7.05 Å². The summed E-state index contributed by atoms with van der Waals surface area (Å²) in [5.74, 6) is 0.648. The molecule has 0 radical (unpaired) electrons. The van der Waals surface area contributed by atoms with E-state index in [1.165, 1.54) is 16.8 Å². The zero-order chi connectivity index (χ0) is 13.8. The van der Waals surface area contributed by atoms with Gasteiger partial charge in [-0.05, 0) is 24.3 Å². The number of nitrogen functional groups attached to an aromatic ring is 1. The number of nitrogens with two attached hydrogens (primary N) is 1. The third-order valence-electron chi connectivity index (χ3n) is 2.70. The average molecular weight is 261 g/mol. The summed E-state index contributed by atoms with van der Waals surface area (Å²) in [5.41, 5.74) is 5.53. The first-order valence-corrected chi connectivity index (χ1v) is 5.83. The van der Waals surface area contributed by atoms with Crippen LogP contribution in [-0.2, 0) is 13.6 Å². The van der Waals surface area contributed by atoms with Crippen molar-refractivity contribution >= 4 is 5.69 Å². The maximum absolute atomic E-state index is 11.7. The number of ether oxygens (including phenoxy) is 1. The molecule has 0 saturated heterocycles. The molecule has 0 fully saturated rings. The van der Waals surface area contributed by atoms with Crippen LogP contribution in [-0.4, -0.2) is 15.7 Å². The van der Waals surface area contributed by atoms with Crippen molar-refractivity contribution in [1.82, 2.24) is 9.13 Å². The minimum absolute atomic E-state index is 0.205. The second kappa shape index (κ2) is 5.43. The maximum atomic E-state index is 11.7. The monoisotopic (exact) mass is 261 g/mol. The summed E-state index contributed by atoms with van der Waals surface area (Å²) in [5, 5.41) is 0. The molecule has 0 aliphatic heterocycles. The summed E-state index contributed by atoms with van der Waals surface area (Å²) in [6.07, 6.45) is 1.45. The van der Waals surface area contributed by atoms with Gasteiger partial charge in [0.25, 0.3) is 5.56 Å². The highest BCUT2D eigenvalue weighted by Gasteiger charge is 2.02. The summed E-state index contributed by atoms with van der Waals surface area (Å²) in [6.45, 7) is 0.444. The van der Waals surface area contributed by atoms with Crippen molar-refractivity contribution < 1.29 is 4.74 Å². The highest BCUT2D eigenvalue weighted by atomic mass is 16.5. The van der Waals surface area contributed by atoms with Crippen LogP contribution in [0.1, 0.15) is 0 Å². The lowest BCUT2D eigenvalue weighted by atomic mass is 10.3. The number of hydrogen-bond acceptors (Lipinski definition) is 4. The molecule has 6 nitrogen and oxygen atoms in total. The third kappa shape index (κ3) is 3.04. The van der Waals surface area contributed by atoms with Gasteiger partial charge in [0.2, 0.25) is 0 Å². The van der Waals surface area contributed by atoms with Crippen molar-refractivity contribution in [3.8, 4) is 5.75 Å². The summed E-state index contributed by atoms with van der Waals surface area (Å²) in [7, 11) is 1.60. The van der Waals surface area contributed by atoms with Gasteiger partial charge in [0.05, 0.1) is 6.54 Å². The Bertz CT molecular complexity index is 671. The predicted octanol–water partition coefficient (Wildman–Crippen LogP) is 0.208. The Kier molecular flexibility index (Phi) is 3.70. The van der Waals surface area contributed by atoms with Gasteiger partial charge >= 0.3 is 5.69 Å². The minimum Gasteiger partial charge on any atom is -0.492 e. The molecular formula is C13H15N3O3. The van der Waals surface area contributed by atoms with Gasteiger partial charge in [-0.15, -0.1) is 0 Å². The van der Waals surface area contributed by atoms with E-state index in [1.807, 2.05) is 0 Å². The Hall–Kier alpha value is -2.50. The van der Waals surface area contributed by atoms with Crippen LogP contribution in [0.3, 0.4) is 0 Å². The van der Waals surface area contributed by atoms with Gasteiger partial charge in [-0.25, -0.2) is 4.79 Å². The van der Waals surface area contributed by atoms with E-state index in [2.05, 4.69) is 0 Å². The Morgan fingerprint density at radius 1 is 1.16 bits per heavy atom. The van der Waals surface area contributed by atoms with Crippen molar-refractivity contribution in [3.63, 3.8) is 0 Å². The molecule has 0 spiro atoms. The first kappa shape index (κ1) is 12.9. The molecule has 0 saturated carbocycles. The van der Waals surface area contributed by atoms with Gasteiger partial charge in [-0.3, -0.25) is 9.36 Å². The van der Waals surface area contributed by atoms with Crippen molar-refractivity contribution in [1.29, 1.82) is 0 Å². The van der Waals surface area contributed by atoms with Crippen LogP contribution < -0.4 is 21.7 Å². The molecule has 1 aromatic carbocycles. The van der Waals surface area contributed by atoms with Crippen molar-refractivity contribution in [2.75, 3.05) is 12.3 Å². The lowest BCUT2D eigenvalue weighted by Crippen LogP contribution is -2.39. The van der Waals surface area contributed by atoms with E-state index in [9.17, 15) is 9.59 Å². The smallest absolute Gasteiger partial charge is 0.330 e. The lowest BCUT2D eigenvalue weighted by Gasteiger charge is -2.08. The predicted molar refractivity (Wildman–Crippen MR) is 72.3 cm³/mol. The largest absolute Gasteiger partial charge is 0.492 e. The first-order chi connectivity index (χ1) is 9.08. The first-order valence-electron chi connectivity index (χ1n) is 5.83. The van der Waals surface area contributed by atoms with Crippen LogP contribution in [0.25, 0.3) is 0 Å². The average Bonchev–Trinajstić information content (AvgIpc) is 2.40. The fourth-order valence-electron chi connectivity index (χ4n) is 1.64.